The van der Waals surface area contributed by atoms with Gasteiger partial charge in [0.15, 0.2) is 0 Å². The SMILES string of the molecule is CCC1=C(CC)C2C(=S)c3c(CC)c(CC)c4c5c(CC)c(CC)c6c7c(CC)c(CC)c8c9c(CC)c(CC)c%10c%11c(CC)c(CC)c%12c1[n+]2c1c(c(c(c(c1n%12%11)n%109)n78)n56)n34. The van der Waals surface area contributed by atoms with Gasteiger partial charge in [0.1, 0.15) is 32.4 Å². The third-order valence-electron chi connectivity index (χ3n) is 17.0. The Kier molecular flexibility index (Phi) is 7.42. The molecular weight excluding hydrogens is 777 g/mol. The third-order valence-corrected chi connectivity index (χ3v) is 17.4. The molecule has 6 nitrogen and oxygen atoms in total. The van der Waals surface area contributed by atoms with Crippen LogP contribution in [0.1, 0.15) is 169 Å². The fourth-order valence-corrected chi connectivity index (χ4v) is 15.6. The summed E-state index contributed by atoms with van der Waals surface area (Å²) in [6.07, 6.45) is 12.0. The summed E-state index contributed by atoms with van der Waals surface area (Å²) in [5, 5.41) is 0. The molecule has 0 radical (unpaired) electrons. The minimum atomic E-state index is 0.000995. The molecule has 1 atom stereocenters. The molecule has 12 heterocycles. The molecule has 316 valence electrons. The van der Waals surface area contributed by atoms with Gasteiger partial charge in [-0.1, -0.05) is 95.3 Å². The van der Waals surface area contributed by atoms with Crippen LogP contribution in [-0.4, -0.2) is 26.9 Å². The number of aryl methyl sites for hydroxylation is 9. The Labute approximate surface area is 369 Å². The lowest BCUT2D eigenvalue weighted by molar-refractivity contribution is -0.668. The fourth-order valence-electron chi connectivity index (χ4n) is 15.2. The van der Waals surface area contributed by atoms with Crippen molar-refractivity contribution < 1.29 is 4.57 Å². The molecule has 1 aromatic carbocycles. The quantitative estimate of drug-likeness (QED) is 0.0521. The molecule has 0 saturated carbocycles. The highest BCUT2D eigenvalue weighted by Crippen LogP contribution is 2.55. The van der Waals surface area contributed by atoms with Crippen LogP contribution >= 0.6 is 12.2 Å². The smallest absolute Gasteiger partial charge is 0.259 e. The second kappa shape index (κ2) is 12.2. The molecule has 13 rings (SSSR count). The van der Waals surface area contributed by atoms with Crippen LogP contribution in [0, 0.1) is 0 Å². The van der Waals surface area contributed by atoms with Gasteiger partial charge in [-0.3, -0.25) is 8.80 Å². The minimum Gasteiger partial charge on any atom is -0.302 e. The average Bonchev–Trinajstić information content (AvgIpc) is 4.11. The number of benzene rings is 1. The van der Waals surface area contributed by atoms with E-state index >= 15 is 0 Å². The summed E-state index contributed by atoms with van der Waals surface area (Å²) in [6, 6.07) is 0.000995. The van der Waals surface area contributed by atoms with Crippen molar-refractivity contribution >= 4 is 105 Å². The molecule has 10 aromatic heterocycles. The van der Waals surface area contributed by atoms with E-state index < -0.39 is 0 Å². The van der Waals surface area contributed by atoms with E-state index in [0.717, 1.165) is 81.9 Å². The van der Waals surface area contributed by atoms with Gasteiger partial charge >= 0.3 is 0 Å². The normalized spacial score (nSPS) is 16.0. The predicted octanol–water partition coefficient (Wildman–Crippen LogP) is 13.2. The van der Waals surface area contributed by atoms with Gasteiger partial charge < -0.3 is 13.2 Å². The molecule has 0 fully saturated rings. The standard InChI is InChI=1S/C55H61N6S/c1-13-25-27(15-3)39-41-29(17-5)31(19-7)43-45-33(21-9)35(23-11)47-55(62)48-36(24-12)34(22-10)46-44-32(20-8)30(18-6)42-40-28(16-4)26(14-2)38-37(25)56(39)49-50(57(38)40)52(59(42)44)54(61(46)48)53(60(45)47)51(49)58(41)43/h47H,13-24H2,1-12H3/q+1. The Bertz CT molecular complexity index is 3820. The number of hydrogen-bond acceptors (Lipinski definition) is 1. The van der Waals surface area contributed by atoms with E-state index in [9.17, 15) is 0 Å². The average molecular weight is 838 g/mol. The number of aromatic nitrogens is 6. The molecule has 62 heavy (non-hydrogen) atoms. The van der Waals surface area contributed by atoms with Crippen LogP contribution in [0.3, 0.4) is 0 Å². The highest BCUT2D eigenvalue weighted by atomic mass is 32.1. The molecule has 0 aliphatic carbocycles. The van der Waals surface area contributed by atoms with E-state index in [-0.39, 0.29) is 6.04 Å². The van der Waals surface area contributed by atoms with E-state index in [2.05, 4.69) is 110 Å². The van der Waals surface area contributed by atoms with Crippen LogP contribution in [-0.2, 0) is 64.2 Å². The number of rotatable bonds is 12. The van der Waals surface area contributed by atoms with Crippen molar-refractivity contribution in [2.24, 2.45) is 0 Å². The van der Waals surface area contributed by atoms with Gasteiger partial charge in [-0.15, -0.1) is 0 Å². The topological polar surface area (TPSA) is 25.9 Å². The van der Waals surface area contributed by atoms with Crippen molar-refractivity contribution in [2.75, 3.05) is 0 Å². The molecule has 0 saturated heterocycles. The highest BCUT2D eigenvalue weighted by Gasteiger charge is 2.51. The van der Waals surface area contributed by atoms with E-state index in [1.165, 1.54) is 133 Å². The summed E-state index contributed by atoms with van der Waals surface area (Å²) >= 11 is 7.16. The first kappa shape index (κ1) is 37.7. The maximum Gasteiger partial charge on any atom is 0.259 e. The molecular formula is C55H61N6S+. The summed E-state index contributed by atoms with van der Waals surface area (Å²) in [7, 11) is 0. The molecule has 2 aliphatic heterocycles. The van der Waals surface area contributed by atoms with Crippen LogP contribution in [0.5, 0.6) is 0 Å². The number of allylic oxidation sites excluding steroid dienone is 2. The monoisotopic (exact) mass is 837 g/mol. The zero-order valence-electron chi connectivity index (χ0n) is 39.2. The lowest BCUT2D eigenvalue weighted by atomic mass is 9.93. The van der Waals surface area contributed by atoms with Gasteiger partial charge in [-0.05, 0) is 133 Å². The lowest BCUT2D eigenvalue weighted by Crippen LogP contribution is -2.45. The fraction of sp³-hybridized carbons (Fsp3) is 0.455. The van der Waals surface area contributed by atoms with E-state index in [1.807, 2.05) is 0 Å². The lowest BCUT2D eigenvalue weighted by Gasteiger charge is -2.24. The third kappa shape index (κ3) is 3.49. The van der Waals surface area contributed by atoms with Crippen LogP contribution in [0.2, 0.25) is 0 Å². The van der Waals surface area contributed by atoms with Crippen molar-refractivity contribution in [3.05, 3.63) is 72.6 Å². The number of nitrogens with zero attached hydrogens (tertiary/aromatic N) is 6. The molecule has 0 spiro atoms. The van der Waals surface area contributed by atoms with Crippen LogP contribution in [0.4, 0.5) is 0 Å². The van der Waals surface area contributed by atoms with E-state index in [0.29, 0.717) is 0 Å². The summed E-state index contributed by atoms with van der Waals surface area (Å²) < 4.78 is 17.2. The van der Waals surface area contributed by atoms with Crippen molar-refractivity contribution in [1.82, 2.24) is 22.0 Å². The van der Waals surface area contributed by atoms with Gasteiger partial charge in [0, 0.05) is 11.1 Å². The van der Waals surface area contributed by atoms with Crippen LogP contribution < -0.4 is 4.57 Å². The van der Waals surface area contributed by atoms with Gasteiger partial charge in [-0.25, -0.2) is 0 Å². The zero-order chi connectivity index (χ0) is 42.8. The first-order valence-electron chi connectivity index (χ1n) is 24.8. The van der Waals surface area contributed by atoms with Crippen molar-refractivity contribution in [3.63, 3.8) is 0 Å². The van der Waals surface area contributed by atoms with Crippen molar-refractivity contribution in [3.8, 4) is 0 Å². The first-order chi connectivity index (χ1) is 30.3. The van der Waals surface area contributed by atoms with Gasteiger partial charge in [0.2, 0.25) is 11.7 Å². The number of fused-ring (bicyclic) bond motifs is 5. The first-order valence-corrected chi connectivity index (χ1v) is 25.2. The van der Waals surface area contributed by atoms with Crippen molar-refractivity contribution in [1.29, 1.82) is 0 Å². The predicted molar refractivity (Wildman–Crippen MR) is 266 cm³/mol. The maximum absolute atomic E-state index is 7.16. The van der Waals surface area contributed by atoms with E-state index in [1.54, 1.807) is 27.8 Å². The van der Waals surface area contributed by atoms with Crippen LogP contribution in [0.15, 0.2) is 5.57 Å². The summed E-state index contributed by atoms with van der Waals surface area (Å²) in [5.41, 5.74) is 42.6. The summed E-state index contributed by atoms with van der Waals surface area (Å²) in [5.74, 6) is 0. The maximum atomic E-state index is 7.16. The second-order valence-electron chi connectivity index (χ2n) is 18.8. The Balaban J connectivity index is 1.56. The van der Waals surface area contributed by atoms with Gasteiger partial charge in [0.25, 0.3) is 5.52 Å². The molecule has 7 heteroatoms. The molecule has 0 bridgehead atoms. The molecule has 2 aliphatic rings. The summed E-state index contributed by atoms with van der Waals surface area (Å²) in [4.78, 5) is 1.12. The Morgan fingerprint density at radius 3 is 1.00 bits per heavy atom. The Morgan fingerprint density at radius 2 is 0.645 bits per heavy atom. The molecule has 11 aromatic rings. The largest absolute Gasteiger partial charge is 0.302 e. The van der Waals surface area contributed by atoms with Crippen molar-refractivity contribution in [2.45, 2.75) is 166 Å². The molecule has 0 amide bonds. The highest BCUT2D eigenvalue weighted by molar-refractivity contribution is 7.81. The Hall–Kier alpha value is -4.88. The number of hydrogen-bond donors (Lipinski definition) is 0. The van der Waals surface area contributed by atoms with E-state index in [4.69, 9.17) is 12.2 Å². The Morgan fingerprint density at radius 1 is 0.339 bits per heavy atom. The van der Waals surface area contributed by atoms with Gasteiger partial charge in [0.05, 0.1) is 55.3 Å². The zero-order valence-corrected chi connectivity index (χ0v) is 40.0. The molecule has 0 N–H and O–H groups in total. The molecule has 1 unspecified atom stereocenters. The minimum absolute atomic E-state index is 0.000995. The van der Waals surface area contributed by atoms with Crippen LogP contribution in [0.25, 0.3) is 88.3 Å². The van der Waals surface area contributed by atoms with Gasteiger partial charge in [-0.2, -0.15) is 4.57 Å². The number of thiocarbonyl (C=S) groups is 1. The summed E-state index contributed by atoms with van der Waals surface area (Å²) in [6.45, 7) is 29.0. The second-order valence-corrected chi connectivity index (χ2v) is 19.2.